The van der Waals surface area contributed by atoms with Crippen LogP contribution in [0, 0.1) is 0 Å². The molecule has 0 saturated carbocycles. The Hall–Kier alpha value is -2.99. The number of morpholine rings is 1. The van der Waals surface area contributed by atoms with Crippen LogP contribution in [0.25, 0.3) is 22.3 Å². The maximum Gasteiger partial charge on any atom is 0.227 e. The van der Waals surface area contributed by atoms with Crippen LogP contribution in [-0.4, -0.2) is 48.3 Å². The summed E-state index contributed by atoms with van der Waals surface area (Å²) in [7, 11) is 1.51. The Balaban J connectivity index is 1.55. The van der Waals surface area contributed by atoms with Crippen LogP contribution >= 0.6 is 0 Å². The number of ether oxygens (including phenoxy) is 2. The van der Waals surface area contributed by atoms with Crippen LogP contribution < -0.4 is 4.74 Å². The molecular formula is C23H25NO5. The molecule has 0 radical (unpaired) electrons. The molecule has 152 valence electrons. The van der Waals surface area contributed by atoms with Crippen molar-refractivity contribution in [2.45, 2.75) is 32.5 Å². The van der Waals surface area contributed by atoms with Gasteiger partial charge >= 0.3 is 0 Å². The van der Waals surface area contributed by atoms with Crippen LogP contribution in [0.1, 0.15) is 19.4 Å². The molecule has 0 aliphatic carbocycles. The fourth-order valence-electron chi connectivity index (χ4n) is 3.84. The number of carbonyl (C=O) groups is 1. The molecule has 2 atom stereocenters. The van der Waals surface area contributed by atoms with E-state index in [9.17, 15) is 9.90 Å². The molecule has 1 aliphatic heterocycles. The number of fused-ring (bicyclic) bond motifs is 1. The lowest BCUT2D eigenvalue weighted by molar-refractivity contribution is -0.142. The second kappa shape index (κ2) is 7.79. The zero-order valence-electron chi connectivity index (χ0n) is 16.8. The highest BCUT2D eigenvalue weighted by atomic mass is 16.5. The van der Waals surface area contributed by atoms with Crippen molar-refractivity contribution in [3.8, 4) is 22.8 Å². The Morgan fingerprint density at radius 1 is 1.14 bits per heavy atom. The first-order valence-electron chi connectivity index (χ1n) is 9.76. The number of hydrogen-bond acceptors (Lipinski definition) is 5. The van der Waals surface area contributed by atoms with E-state index in [0.29, 0.717) is 31.0 Å². The van der Waals surface area contributed by atoms with Gasteiger partial charge in [-0.25, -0.2) is 0 Å². The summed E-state index contributed by atoms with van der Waals surface area (Å²) in [5.74, 6) is 1.26. The summed E-state index contributed by atoms with van der Waals surface area (Å²) in [6.45, 7) is 5.24. The third kappa shape index (κ3) is 4.07. The Morgan fingerprint density at radius 2 is 1.90 bits per heavy atom. The van der Waals surface area contributed by atoms with Crippen molar-refractivity contribution in [3.63, 3.8) is 0 Å². The summed E-state index contributed by atoms with van der Waals surface area (Å²) in [6, 6.07) is 12.8. The molecule has 1 N–H and O–H groups in total. The summed E-state index contributed by atoms with van der Waals surface area (Å²) in [6.07, 6.45) is 0.468. The quantitative estimate of drug-likeness (QED) is 0.723. The fraction of sp³-hybridized carbons (Fsp3) is 0.348. The lowest BCUT2D eigenvalue weighted by Gasteiger charge is -2.35. The summed E-state index contributed by atoms with van der Waals surface area (Å²) in [5, 5.41) is 10.7. The number of phenols is 1. The average molecular weight is 395 g/mol. The minimum absolute atomic E-state index is 0.0592. The van der Waals surface area contributed by atoms with Gasteiger partial charge in [-0.1, -0.05) is 6.07 Å². The first-order chi connectivity index (χ1) is 13.9. The molecule has 6 nitrogen and oxygen atoms in total. The van der Waals surface area contributed by atoms with Gasteiger partial charge in [0.15, 0.2) is 11.5 Å². The van der Waals surface area contributed by atoms with Gasteiger partial charge in [0.05, 0.1) is 25.7 Å². The van der Waals surface area contributed by atoms with E-state index in [-0.39, 0.29) is 23.9 Å². The Labute approximate surface area is 169 Å². The van der Waals surface area contributed by atoms with Crippen molar-refractivity contribution >= 4 is 16.9 Å². The number of nitrogens with zero attached hydrogens (tertiary/aromatic N) is 1. The summed E-state index contributed by atoms with van der Waals surface area (Å²) in [5.41, 5.74) is 2.51. The predicted molar refractivity (Wildman–Crippen MR) is 110 cm³/mol. The Morgan fingerprint density at radius 3 is 2.62 bits per heavy atom. The van der Waals surface area contributed by atoms with E-state index in [1.54, 1.807) is 18.2 Å². The largest absolute Gasteiger partial charge is 0.504 e. The second-order valence-electron chi connectivity index (χ2n) is 7.60. The third-order valence-electron chi connectivity index (χ3n) is 5.17. The minimum Gasteiger partial charge on any atom is -0.504 e. The molecule has 1 amide bonds. The number of phenolic OH excluding ortho intramolecular Hbond substituents is 1. The maximum atomic E-state index is 12.7. The molecular weight excluding hydrogens is 370 g/mol. The molecule has 4 rings (SSSR count). The predicted octanol–water partition coefficient (Wildman–Crippen LogP) is 3.99. The zero-order chi connectivity index (χ0) is 20.5. The van der Waals surface area contributed by atoms with Crippen LogP contribution in [0.15, 0.2) is 46.9 Å². The third-order valence-corrected chi connectivity index (χ3v) is 5.17. The van der Waals surface area contributed by atoms with E-state index in [1.165, 1.54) is 7.11 Å². The van der Waals surface area contributed by atoms with Gasteiger partial charge in [-0.3, -0.25) is 4.79 Å². The number of rotatable bonds is 4. The first-order valence-corrected chi connectivity index (χ1v) is 9.76. The lowest BCUT2D eigenvalue weighted by Crippen LogP contribution is -2.48. The summed E-state index contributed by atoms with van der Waals surface area (Å²) < 4.78 is 16.8. The number of benzene rings is 2. The normalized spacial score (nSPS) is 19.5. The van der Waals surface area contributed by atoms with Gasteiger partial charge in [-0.2, -0.15) is 0 Å². The van der Waals surface area contributed by atoms with Crippen molar-refractivity contribution in [3.05, 3.63) is 48.0 Å². The highest BCUT2D eigenvalue weighted by Gasteiger charge is 2.25. The number of aromatic hydroxyl groups is 1. The molecule has 0 spiro atoms. The van der Waals surface area contributed by atoms with Crippen LogP contribution in [0.4, 0.5) is 0 Å². The molecule has 1 aliphatic rings. The number of carbonyl (C=O) groups excluding carboxylic acids is 1. The van der Waals surface area contributed by atoms with Crippen molar-refractivity contribution in [2.24, 2.45) is 0 Å². The SMILES string of the molecule is COc1cc(-c2cc3cc(CC(=O)N4C[C@@H](C)O[C@@H](C)C4)ccc3o2)ccc1O. The van der Waals surface area contributed by atoms with Crippen molar-refractivity contribution in [2.75, 3.05) is 20.2 Å². The van der Waals surface area contributed by atoms with Gasteiger partial charge in [0, 0.05) is 24.0 Å². The topological polar surface area (TPSA) is 72.1 Å². The zero-order valence-corrected chi connectivity index (χ0v) is 16.8. The molecule has 3 aromatic rings. The van der Waals surface area contributed by atoms with E-state index in [2.05, 4.69) is 0 Å². The molecule has 6 heteroatoms. The number of methoxy groups -OCH3 is 1. The van der Waals surface area contributed by atoms with Crippen LogP contribution in [-0.2, 0) is 16.0 Å². The smallest absolute Gasteiger partial charge is 0.227 e. The van der Waals surface area contributed by atoms with Crippen LogP contribution in [0.5, 0.6) is 11.5 Å². The monoisotopic (exact) mass is 395 g/mol. The Bertz CT molecular complexity index is 1030. The van der Waals surface area contributed by atoms with Gasteiger partial charge in [-0.05, 0) is 55.8 Å². The Kier molecular flexibility index (Phi) is 5.20. The number of amides is 1. The number of furan rings is 1. The maximum absolute atomic E-state index is 12.7. The van der Waals surface area contributed by atoms with E-state index in [0.717, 1.165) is 22.1 Å². The van der Waals surface area contributed by atoms with Crippen LogP contribution in [0.3, 0.4) is 0 Å². The van der Waals surface area contributed by atoms with E-state index < -0.39 is 0 Å². The molecule has 0 bridgehead atoms. The van der Waals surface area contributed by atoms with Crippen molar-refractivity contribution in [1.29, 1.82) is 0 Å². The van der Waals surface area contributed by atoms with Gasteiger partial charge in [-0.15, -0.1) is 0 Å². The molecule has 1 aromatic heterocycles. The van der Waals surface area contributed by atoms with E-state index in [4.69, 9.17) is 13.9 Å². The first kappa shape index (κ1) is 19.3. The number of hydrogen-bond donors (Lipinski definition) is 1. The molecule has 1 saturated heterocycles. The van der Waals surface area contributed by atoms with Crippen molar-refractivity contribution < 1.29 is 23.8 Å². The molecule has 0 unspecified atom stereocenters. The standard InChI is InChI=1S/C23H25NO5/c1-14-12-24(13-15(2)28-14)23(26)9-16-4-7-20-18(8-16)11-21(29-20)17-5-6-19(25)22(10-17)27-3/h4-8,10-11,14-15,25H,9,12-13H2,1-3H3/t14-,15+. The molecule has 2 aromatic carbocycles. The summed E-state index contributed by atoms with van der Waals surface area (Å²) in [4.78, 5) is 14.6. The lowest BCUT2D eigenvalue weighted by atomic mass is 10.1. The average Bonchev–Trinajstić information content (AvgIpc) is 3.11. The van der Waals surface area contributed by atoms with Gasteiger partial charge < -0.3 is 23.9 Å². The molecule has 29 heavy (non-hydrogen) atoms. The highest BCUT2D eigenvalue weighted by Crippen LogP contribution is 2.34. The molecule has 2 heterocycles. The fourth-order valence-corrected chi connectivity index (χ4v) is 3.84. The molecule has 1 fully saturated rings. The highest BCUT2D eigenvalue weighted by molar-refractivity contribution is 5.86. The van der Waals surface area contributed by atoms with Crippen LogP contribution in [0.2, 0.25) is 0 Å². The van der Waals surface area contributed by atoms with Crippen molar-refractivity contribution in [1.82, 2.24) is 4.90 Å². The van der Waals surface area contributed by atoms with E-state index in [1.807, 2.05) is 43.0 Å². The second-order valence-corrected chi connectivity index (χ2v) is 7.60. The van der Waals surface area contributed by atoms with E-state index >= 15 is 0 Å². The van der Waals surface area contributed by atoms with Gasteiger partial charge in [0.1, 0.15) is 11.3 Å². The minimum atomic E-state index is 0.0592. The summed E-state index contributed by atoms with van der Waals surface area (Å²) >= 11 is 0. The van der Waals surface area contributed by atoms with Gasteiger partial charge in [0.2, 0.25) is 5.91 Å². The van der Waals surface area contributed by atoms with Gasteiger partial charge in [0.25, 0.3) is 0 Å².